The van der Waals surface area contributed by atoms with E-state index in [1.165, 1.54) is 13.0 Å². The Morgan fingerprint density at radius 1 is 1.35 bits per heavy atom. The lowest BCUT2D eigenvalue weighted by Crippen LogP contribution is -2.19. The second-order valence-corrected chi connectivity index (χ2v) is 6.82. The summed E-state index contributed by atoms with van der Waals surface area (Å²) in [4.78, 5) is 27.6. The molecule has 0 saturated heterocycles. The number of hydrogen-bond donors (Lipinski definition) is 2. The van der Waals surface area contributed by atoms with Gasteiger partial charge in [-0.2, -0.15) is 0 Å². The van der Waals surface area contributed by atoms with Crippen molar-refractivity contribution >= 4 is 28.8 Å². The Kier molecular flexibility index (Phi) is 4.57. The third-order valence-corrected chi connectivity index (χ3v) is 5.11. The number of hydrogen-bond acceptors (Lipinski definition) is 5. The van der Waals surface area contributed by atoms with Crippen LogP contribution in [0.3, 0.4) is 0 Å². The Morgan fingerprint density at radius 3 is 2.62 bits per heavy atom. The van der Waals surface area contributed by atoms with Crippen molar-refractivity contribution in [1.82, 2.24) is 0 Å². The molecule has 0 spiro atoms. The van der Waals surface area contributed by atoms with E-state index in [0.717, 1.165) is 6.07 Å². The monoisotopic (exact) mass is 383 g/mol. The highest BCUT2D eigenvalue weighted by atomic mass is 32.1. The largest absolute Gasteiger partial charge is 0.505 e. The minimum absolute atomic E-state index is 0.0702. The molecule has 9 heteroatoms. The van der Waals surface area contributed by atoms with Gasteiger partial charge in [-0.05, 0) is 24.6 Å². The maximum Gasteiger partial charge on any atom is 0.307 e. The quantitative estimate of drug-likeness (QED) is 0.733. The molecule has 0 amide bonds. The van der Waals surface area contributed by atoms with Crippen molar-refractivity contribution in [3.05, 3.63) is 55.9 Å². The molecule has 0 radical (unpaired) electrons. The first-order valence-corrected chi connectivity index (χ1v) is 8.27. The first-order valence-electron chi connectivity index (χ1n) is 7.45. The summed E-state index contributed by atoms with van der Waals surface area (Å²) in [5.41, 5.74) is 0.275. The first-order chi connectivity index (χ1) is 12.2. The molecule has 1 aromatic rings. The van der Waals surface area contributed by atoms with Crippen LogP contribution in [0.5, 0.6) is 0 Å². The Balaban J connectivity index is 2.16. The number of ketones is 1. The molecule has 0 unspecified atom stereocenters. The van der Waals surface area contributed by atoms with E-state index in [0.29, 0.717) is 17.0 Å². The highest BCUT2D eigenvalue weighted by Crippen LogP contribution is 2.41. The molecule has 5 nitrogen and oxygen atoms in total. The van der Waals surface area contributed by atoms with Gasteiger partial charge in [-0.1, -0.05) is 0 Å². The molecule has 2 heterocycles. The molecular weight excluding hydrogens is 371 g/mol. The Bertz CT molecular complexity index is 953. The molecule has 1 aliphatic carbocycles. The van der Waals surface area contributed by atoms with E-state index in [1.54, 1.807) is 0 Å². The van der Waals surface area contributed by atoms with Crippen LogP contribution >= 0.6 is 11.3 Å². The van der Waals surface area contributed by atoms with Crippen LogP contribution in [-0.4, -0.2) is 27.7 Å². The number of rotatable bonds is 5. The topological polar surface area (TPSA) is 87.0 Å². The summed E-state index contributed by atoms with van der Waals surface area (Å²) in [7, 11) is 0. The summed E-state index contributed by atoms with van der Waals surface area (Å²) in [5.74, 6) is -3.92. The number of thiophene rings is 1. The van der Waals surface area contributed by atoms with Crippen LogP contribution in [0.15, 0.2) is 51.1 Å². The van der Waals surface area contributed by atoms with Crippen LogP contribution in [0.1, 0.15) is 40.7 Å². The number of allylic oxidation sites excluding steroid dienone is 4. The molecule has 0 bridgehead atoms. The third kappa shape index (κ3) is 2.98. The van der Waals surface area contributed by atoms with Crippen molar-refractivity contribution in [3.63, 3.8) is 0 Å². The van der Waals surface area contributed by atoms with Gasteiger partial charge in [-0.15, -0.1) is 11.3 Å². The number of carboxylic acid groups (broad SMARTS) is 1. The van der Waals surface area contributed by atoms with Gasteiger partial charge in [0.25, 0.3) is 6.43 Å². The number of carboxylic acids is 1. The van der Waals surface area contributed by atoms with E-state index in [9.17, 15) is 27.9 Å². The normalized spacial score (nSPS) is 17.2. The van der Waals surface area contributed by atoms with Gasteiger partial charge >= 0.3 is 5.97 Å². The molecule has 1 aliphatic heterocycles. The second-order valence-electron chi connectivity index (χ2n) is 5.71. The number of alkyl halides is 2. The van der Waals surface area contributed by atoms with Crippen LogP contribution in [0.25, 0.3) is 0 Å². The summed E-state index contributed by atoms with van der Waals surface area (Å²) in [5, 5.41) is 19.2. The second kappa shape index (κ2) is 6.56. The van der Waals surface area contributed by atoms with Gasteiger partial charge in [0.05, 0.1) is 27.5 Å². The number of fused-ring (bicyclic) bond motifs is 1. The molecular formula is C17H12F3NO4S. The molecule has 0 atom stereocenters. The maximum atomic E-state index is 14.1. The minimum atomic E-state index is -2.76. The smallest absolute Gasteiger partial charge is 0.307 e. The zero-order valence-electron chi connectivity index (χ0n) is 13.3. The van der Waals surface area contributed by atoms with Gasteiger partial charge < -0.3 is 10.2 Å². The predicted molar refractivity (Wildman–Crippen MR) is 88.4 cm³/mol. The number of Topliss-reactive ketones (excluding diaryl/α,β-unsaturated/α-hetero) is 1. The van der Waals surface area contributed by atoms with Gasteiger partial charge in [-0.3, -0.25) is 14.6 Å². The summed E-state index contributed by atoms with van der Waals surface area (Å²) < 4.78 is 39.6. The zero-order valence-corrected chi connectivity index (χ0v) is 14.2. The fourth-order valence-corrected chi connectivity index (χ4v) is 3.70. The van der Waals surface area contributed by atoms with Crippen LogP contribution < -0.4 is 0 Å². The van der Waals surface area contributed by atoms with Crippen molar-refractivity contribution in [1.29, 1.82) is 0 Å². The van der Waals surface area contributed by atoms with Gasteiger partial charge in [-0.25, -0.2) is 13.2 Å². The van der Waals surface area contributed by atoms with Crippen molar-refractivity contribution in [3.8, 4) is 0 Å². The van der Waals surface area contributed by atoms with Crippen LogP contribution in [0, 0.1) is 0 Å². The van der Waals surface area contributed by atoms with E-state index in [-0.39, 0.29) is 33.0 Å². The molecule has 0 saturated carbocycles. The van der Waals surface area contributed by atoms with Crippen molar-refractivity contribution in [2.45, 2.75) is 26.2 Å². The fourth-order valence-electron chi connectivity index (χ4n) is 2.89. The number of aliphatic hydroxyl groups is 1. The third-order valence-electron chi connectivity index (χ3n) is 4.02. The van der Waals surface area contributed by atoms with Crippen LogP contribution in [-0.2, 0) is 4.79 Å². The maximum absolute atomic E-state index is 14.1. The minimum Gasteiger partial charge on any atom is -0.505 e. The number of aliphatic imine (C=N–C) groups is 1. The van der Waals surface area contributed by atoms with Gasteiger partial charge in [0.1, 0.15) is 5.83 Å². The number of carbonyl (C=O) groups excluding carboxylic acids is 1. The summed E-state index contributed by atoms with van der Waals surface area (Å²) in [6.07, 6.45) is -3.60. The van der Waals surface area contributed by atoms with E-state index < -0.39 is 41.8 Å². The molecule has 0 aromatic carbocycles. The van der Waals surface area contributed by atoms with E-state index in [4.69, 9.17) is 5.11 Å². The van der Waals surface area contributed by atoms with E-state index in [2.05, 4.69) is 4.99 Å². The SMILES string of the molecule is CC1=C(CC(=O)O)C2=C(C(=O)c3ccc(C(F)F)s3)C(O)=C(F)CC2=N1. The number of aliphatic hydroxyl groups excluding tert-OH is 1. The lowest BCUT2D eigenvalue weighted by atomic mass is 9.85. The average Bonchev–Trinajstić information content (AvgIpc) is 3.14. The molecule has 3 rings (SSSR count). The lowest BCUT2D eigenvalue weighted by molar-refractivity contribution is -0.136. The number of aliphatic carboxylic acids is 1. The zero-order chi connectivity index (χ0) is 19.2. The first kappa shape index (κ1) is 18.1. The average molecular weight is 383 g/mol. The summed E-state index contributed by atoms with van der Waals surface area (Å²) in [6, 6.07) is 2.25. The fraction of sp³-hybridized carbons (Fsp3) is 0.235. The summed E-state index contributed by atoms with van der Waals surface area (Å²) >= 11 is 0.534. The van der Waals surface area contributed by atoms with Crippen molar-refractivity contribution < 1.29 is 33.0 Å². The summed E-state index contributed by atoms with van der Waals surface area (Å²) in [6.45, 7) is 1.52. The number of nitrogens with zero attached hydrogens (tertiary/aromatic N) is 1. The Labute approximate surface area is 149 Å². The van der Waals surface area contributed by atoms with Gasteiger partial charge in [0.15, 0.2) is 5.76 Å². The van der Waals surface area contributed by atoms with Crippen LogP contribution in [0.2, 0.25) is 0 Å². The van der Waals surface area contributed by atoms with Gasteiger partial charge in [0.2, 0.25) is 5.78 Å². The highest BCUT2D eigenvalue weighted by molar-refractivity contribution is 7.14. The number of halogens is 3. The van der Waals surface area contributed by atoms with E-state index in [1.807, 2.05) is 0 Å². The molecule has 26 heavy (non-hydrogen) atoms. The molecule has 2 aliphatic rings. The molecule has 2 N–H and O–H groups in total. The predicted octanol–water partition coefficient (Wildman–Crippen LogP) is 4.51. The molecule has 1 aromatic heterocycles. The Morgan fingerprint density at radius 2 is 2.04 bits per heavy atom. The standard InChI is InChI=1S/C17H12F3NO4S/c1-6-7(4-12(22)23)13-9(21-6)5-8(18)15(24)14(13)16(25)10-2-3-11(26-10)17(19)20/h2-3,17,24H,4-5H2,1H3,(H,22,23). The van der Waals surface area contributed by atoms with Crippen molar-refractivity contribution in [2.75, 3.05) is 0 Å². The van der Waals surface area contributed by atoms with E-state index >= 15 is 0 Å². The Hall–Kier alpha value is -2.68. The van der Waals surface area contributed by atoms with Crippen LogP contribution in [0.4, 0.5) is 13.2 Å². The van der Waals surface area contributed by atoms with Crippen molar-refractivity contribution in [2.24, 2.45) is 4.99 Å². The lowest BCUT2D eigenvalue weighted by Gasteiger charge is -2.19. The molecule has 136 valence electrons. The highest BCUT2D eigenvalue weighted by Gasteiger charge is 2.37. The molecule has 0 fully saturated rings. The number of carbonyl (C=O) groups is 2. The van der Waals surface area contributed by atoms with Gasteiger partial charge in [0, 0.05) is 17.7 Å².